The normalized spacial score (nSPS) is 32.2. The van der Waals surface area contributed by atoms with Crippen LogP contribution in [0.1, 0.15) is 11.6 Å². The molecule has 2 amide bonds. The molecule has 1 aromatic carbocycles. The van der Waals surface area contributed by atoms with Crippen molar-refractivity contribution < 1.29 is 28.6 Å². The number of rotatable bonds is 3. The van der Waals surface area contributed by atoms with Crippen LogP contribution >= 0.6 is 0 Å². The van der Waals surface area contributed by atoms with E-state index in [1.54, 1.807) is 6.07 Å². The van der Waals surface area contributed by atoms with Gasteiger partial charge in [0.05, 0.1) is 25.6 Å². The van der Waals surface area contributed by atoms with E-state index in [2.05, 4.69) is 5.32 Å². The summed E-state index contributed by atoms with van der Waals surface area (Å²) < 4.78 is 19.0. The summed E-state index contributed by atoms with van der Waals surface area (Å²) in [5.74, 6) is -4.71. The topological polar surface area (TPSA) is 95.9 Å². The van der Waals surface area contributed by atoms with Gasteiger partial charge in [0.2, 0.25) is 11.8 Å². The highest BCUT2D eigenvalue weighted by molar-refractivity contribution is 6.09. The summed E-state index contributed by atoms with van der Waals surface area (Å²) in [4.78, 5) is 38.2. The van der Waals surface area contributed by atoms with Crippen molar-refractivity contribution in [2.75, 3.05) is 20.8 Å². The van der Waals surface area contributed by atoms with Crippen LogP contribution in [0.15, 0.2) is 24.3 Å². The van der Waals surface area contributed by atoms with E-state index in [0.717, 1.165) is 12.0 Å². The number of imide groups is 1. The molecule has 0 aliphatic carbocycles. The summed E-state index contributed by atoms with van der Waals surface area (Å²) in [6, 6.07) is 4.87. The molecule has 2 aliphatic rings. The monoisotopic (exact) mass is 336 g/mol. The van der Waals surface area contributed by atoms with Crippen LogP contribution in [0.3, 0.4) is 0 Å². The molecule has 2 N–H and O–H groups in total. The summed E-state index contributed by atoms with van der Waals surface area (Å²) in [5.41, 5.74) is -1.63. The van der Waals surface area contributed by atoms with Crippen molar-refractivity contribution in [2.45, 2.75) is 11.6 Å². The molecule has 0 aromatic heterocycles. The van der Waals surface area contributed by atoms with Crippen LogP contribution in [0.2, 0.25) is 0 Å². The van der Waals surface area contributed by atoms with Gasteiger partial charge in [-0.2, -0.15) is 0 Å². The van der Waals surface area contributed by atoms with Gasteiger partial charge in [-0.1, -0.05) is 18.2 Å². The van der Waals surface area contributed by atoms with Gasteiger partial charge in [0.1, 0.15) is 5.82 Å². The number of aliphatic hydroxyl groups excluding tert-OH is 1. The molecule has 2 heterocycles. The number of methoxy groups -OCH3 is 1. The highest BCUT2D eigenvalue weighted by Gasteiger charge is 2.68. The van der Waals surface area contributed by atoms with Gasteiger partial charge in [0, 0.05) is 18.7 Å². The Bertz CT molecular complexity index is 724. The molecule has 3 rings (SSSR count). The summed E-state index contributed by atoms with van der Waals surface area (Å²) >= 11 is 0. The molecule has 2 fully saturated rings. The van der Waals surface area contributed by atoms with Crippen molar-refractivity contribution in [1.82, 2.24) is 10.2 Å². The number of benzene rings is 1. The minimum absolute atomic E-state index is 0.156. The van der Waals surface area contributed by atoms with Crippen molar-refractivity contribution in [3.05, 3.63) is 35.6 Å². The minimum Gasteiger partial charge on any atom is -0.468 e. The van der Waals surface area contributed by atoms with Gasteiger partial charge in [-0.15, -0.1) is 0 Å². The molecule has 0 radical (unpaired) electrons. The fourth-order valence-electron chi connectivity index (χ4n) is 3.72. The second kappa shape index (κ2) is 5.64. The maximum atomic E-state index is 14.2. The molecule has 0 spiro atoms. The predicted octanol–water partition coefficient (Wildman–Crippen LogP) is -0.395. The number of aliphatic hydroxyl groups is 1. The molecule has 128 valence electrons. The Morgan fingerprint density at radius 3 is 2.62 bits per heavy atom. The Hall–Kier alpha value is -2.32. The first kappa shape index (κ1) is 16.5. The fraction of sp³-hybridized carbons (Fsp3) is 0.438. The zero-order valence-corrected chi connectivity index (χ0v) is 13.2. The van der Waals surface area contributed by atoms with E-state index < -0.39 is 53.6 Å². The van der Waals surface area contributed by atoms with Gasteiger partial charge < -0.3 is 9.84 Å². The maximum Gasteiger partial charge on any atom is 0.329 e. The molecular weight excluding hydrogens is 319 g/mol. The van der Waals surface area contributed by atoms with Crippen molar-refractivity contribution in [3.63, 3.8) is 0 Å². The molecular formula is C16H17FN2O5. The molecule has 0 saturated carbocycles. The van der Waals surface area contributed by atoms with Crippen molar-refractivity contribution >= 4 is 17.8 Å². The van der Waals surface area contributed by atoms with Crippen LogP contribution in [0.25, 0.3) is 0 Å². The molecule has 8 heteroatoms. The zero-order chi connectivity index (χ0) is 17.6. The number of nitrogens with zero attached hydrogens (tertiary/aromatic N) is 1. The second-order valence-corrected chi connectivity index (χ2v) is 6.00. The highest BCUT2D eigenvalue weighted by atomic mass is 19.1. The lowest BCUT2D eigenvalue weighted by Crippen LogP contribution is -2.58. The number of carbonyl (C=O) groups is 3. The minimum atomic E-state index is -1.79. The van der Waals surface area contributed by atoms with Gasteiger partial charge in [-0.05, 0) is 6.07 Å². The third-order valence-corrected chi connectivity index (χ3v) is 4.91. The van der Waals surface area contributed by atoms with Crippen molar-refractivity contribution in [2.24, 2.45) is 11.8 Å². The predicted molar refractivity (Wildman–Crippen MR) is 78.9 cm³/mol. The standard InChI is InChI=1S/C16H17FN2O5/c1-19-13(21)10-11(14(19)22)16(7-20,15(23)24-2)18-12(10)8-5-3-4-6-9(8)17/h3-6,10-12,18,20H,7H2,1-2H3/t10-,11-,12-,16-/m1/s1. The van der Waals surface area contributed by atoms with E-state index in [1.165, 1.54) is 25.2 Å². The zero-order valence-electron chi connectivity index (χ0n) is 13.2. The van der Waals surface area contributed by atoms with Gasteiger partial charge in [-0.3, -0.25) is 19.8 Å². The lowest BCUT2D eigenvalue weighted by molar-refractivity contribution is -0.156. The summed E-state index contributed by atoms with van der Waals surface area (Å²) in [5, 5.41) is 12.7. The first-order chi connectivity index (χ1) is 11.4. The molecule has 2 saturated heterocycles. The summed E-state index contributed by atoms with van der Waals surface area (Å²) in [7, 11) is 2.43. The molecule has 4 atom stereocenters. The lowest BCUT2D eigenvalue weighted by atomic mass is 9.79. The molecule has 0 unspecified atom stereocenters. The number of likely N-dealkylation sites (tertiary alicyclic amines) is 1. The largest absolute Gasteiger partial charge is 0.468 e. The molecule has 24 heavy (non-hydrogen) atoms. The first-order valence-corrected chi connectivity index (χ1v) is 7.42. The number of hydrogen-bond acceptors (Lipinski definition) is 6. The third-order valence-electron chi connectivity index (χ3n) is 4.91. The van der Waals surface area contributed by atoms with Crippen LogP contribution in [0.4, 0.5) is 4.39 Å². The SMILES string of the molecule is COC(=O)[C@]1(CO)N[C@H](c2ccccc2F)[C@@H]2C(=O)N(C)C(=O)[C@@H]21. The van der Waals surface area contributed by atoms with E-state index in [-0.39, 0.29) is 5.56 Å². The molecule has 7 nitrogen and oxygen atoms in total. The smallest absolute Gasteiger partial charge is 0.329 e. The Kier molecular flexibility index (Phi) is 3.89. The Balaban J connectivity index is 2.17. The lowest BCUT2D eigenvalue weighted by Gasteiger charge is -2.29. The van der Waals surface area contributed by atoms with Crippen LogP contribution < -0.4 is 5.32 Å². The Morgan fingerprint density at radius 2 is 2.04 bits per heavy atom. The first-order valence-electron chi connectivity index (χ1n) is 7.42. The van der Waals surface area contributed by atoms with E-state index >= 15 is 0 Å². The Morgan fingerprint density at radius 1 is 1.38 bits per heavy atom. The highest BCUT2D eigenvalue weighted by Crippen LogP contribution is 2.48. The number of hydrogen-bond donors (Lipinski definition) is 2. The van der Waals surface area contributed by atoms with Gasteiger partial charge in [-0.25, -0.2) is 9.18 Å². The van der Waals surface area contributed by atoms with Crippen molar-refractivity contribution in [1.29, 1.82) is 0 Å². The number of nitrogens with one attached hydrogen (secondary N) is 1. The van der Waals surface area contributed by atoms with Crippen molar-refractivity contribution in [3.8, 4) is 0 Å². The third kappa shape index (κ3) is 1.99. The number of halogens is 1. The van der Waals surface area contributed by atoms with Crippen LogP contribution in [-0.4, -0.2) is 54.1 Å². The molecule has 1 aromatic rings. The van der Waals surface area contributed by atoms with E-state index in [1.807, 2.05) is 0 Å². The number of ether oxygens (including phenoxy) is 1. The van der Waals surface area contributed by atoms with Gasteiger partial charge in [0.15, 0.2) is 5.54 Å². The van der Waals surface area contributed by atoms with E-state index in [4.69, 9.17) is 4.74 Å². The number of esters is 1. The van der Waals surface area contributed by atoms with Crippen LogP contribution in [0.5, 0.6) is 0 Å². The number of amides is 2. The maximum absolute atomic E-state index is 14.2. The average molecular weight is 336 g/mol. The average Bonchev–Trinajstić information content (AvgIpc) is 3.05. The fourth-order valence-corrected chi connectivity index (χ4v) is 3.72. The number of fused-ring (bicyclic) bond motifs is 1. The van der Waals surface area contributed by atoms with Crippen LogP contribution in [0, 0.1) is 17.7 Å². The van der Waals surface area contributed by atoms with Gasteiger partial charge in [0.25, 0.3) is 0 Å². The van der Waals surface area contributed by atoms with E-state index in [0.29, 0.717) is 0 Å². The van der Waals surface area contributed by atoms with Crippen LogP contribution in [-0.2, 0) is 19.1 Å². The summed E-state index contributed by atoms with van der Waals surface area (Å²) in [6.07, 6.45) is 0. The quantitative estimate of drug-likeness (QED) is 0.576. The molecule has 2 aliphatic heterocycles. The summed E-state index contributed by atoms with van der Waals surface area (Å²) in [6.45, 7) is -0.751. The Labute approximate surface area is 137 Å². The second-order valence-electron chi connectivity index (χ2n) is 6.00. The van der Waals surface area contributed by atoms with E-state index in [9.17, 15) is 23.9 Å². The number of carbonyl (C=O) groups excluding carboxylic acids is 3. The molecule has 0 bridgehead atoms. The van der Waals surface area contributed by atoms with Gasteiger partial charge >= 0.3 is 5.97 Å².